The SMILES string of the molecule is CCOC1CCN(C(=O)CCCc2ccccc2)CC1. The average Bonchev–Trinajstić information content (AvgIpc) is 2.49. The molecule has 1 heterocycles. The fourth-order valence-electron chi connectivity index (χ4n) is 2.75. The van der Waals surface area contributed by atoms with E-state index in [4.69, 9.17) is 4.74 Å². The van der Waals surface area contributed by atoms with Gasteiger partial charge in [0.15, 0.2) is 0 Å². The minimum Gasteiger partial charge on any atom is -0.378 e. The molecule has 0 saturated carbocycles. The van der Waals surface area contributed by atoms with Crippen LogP contribution < -0.4 is 0 Å². The third-order valence-electron chi connectivity index (χ3n) is 3.90. The van der Waals surface area contributed by atoms with Crippen LogP contribution in [0, 0.1) is 0 Å². The maximum Gasteiger partial charge on any atom is 0.222 e. The molecule has 1 aliphatic heterocycles. The summed E-state index contributed by atoms with van der Waals surface area (Å²) in [6.45, 7) is 4.51. The summed E-state index contributed by atoms with van der Waals surface area (Å²) in [5.41, 5.74) is 1.32. The van der Waals surface area contributed by atoms with E-state index < -0.39 is 0 Å². The molecule has 3 nitrogen and oxygen atoms in total. The first-order valence-corrected chi connectivity index (χ1v) is 7.73. The van der Waals surface area contributed by atoms with Crippen LogP contribution in [-0.2, 0) is 16.0 Å². The molecule has 0 aromatic heterocycles. The molecule has 0 bridgehead atoms. The Morgan fingerprint density at radius 2 is 1.95 bits per heavy atom. The third kappa shape index (κ3) is 4.64. The van der Waals surface area contributed by atoms with Gasteiger partial charge in [-0.2, -0.15) is 0 Å². The molecule has 1 fully saturated rings. The fourth-order valence-corrected chi connectivity index (χ4v) is 2.75. The predicted octanol–water partition coefficient (Wildman–Crippen LogP) is 3.04. The molecule has 110 valence electrons. The molecular weight excluding hydrogens is 250 g/mol. The number of carbonyl (C=O) groups excluding carboxylic acids is 1. The van der Waals surface area contributed by atoms with E-state index in [9.17, 15) is 4.79 Å². The van der Waals surface area contributed by atoms with Crippen LogP contribution in [0.1, 0.15) is 38.2 Å². The fraction of sp³-hybridized carbons (Fsp3) is 0.588. The molecule has 2 rings (SSSR count). The highest BCUT2D eigenvalue weighted by molar-refractivity contribution is 5.76. The number of hydrogen-bond acceptors (Lipinski definition) is 2. The van der Waals surface area contributed by atoms with E-state index >= 15 is 0 Å². The van der Waals surface area contributed by atoms with Crippen LogP contribution in [0.5, 0.6) is 0 Å². The summed E-state index contributed by atoms with van der Waals surface area (Å²) >= 11 is 0. The Balaban J connectivity index is 1.66. The smallest absolute Gasteiger partial charge is 0.222 e. The van der Waals surface area contributed by atoms with Gasteiger partial charge in [0.1, 0.15) is 0 Å². The van der Waals surface area contributed by atoms with Gasteiger partial charge in [0.2, 0.25) is 5.91 Å². The van der Waals surface area contributed by atoms with Crippen LogP contribution in [0.2, 0.25) is 0 Å². The second-order valence-corrected chi connectivity index (χ2v) is 5.37. The molecule has 1 saturated heterocycles. The highest BCUT2D eigenvalue weighted by Crippen LogP contribution is 2.15. The number of rotatable bonds is 6. The van der Waals surface area contributed by atoms with Crippen molar-refractivity contribution in [2.45, 2.75) is 45.1 Å². The second kappa shape index (κ2) is 8.05. The van der Waals surface area contributed by atoms with Crippen LogP contribution in [0.15, 0.2) is 30.3 Å². The number of aryl methyl sites for hydroxylation is 1. The summed E-state index contributed by atoms with van der Waals surface area (Å²) in [6.07, 6.45) is 4.91. The molecule has 0 unspecified atom stereocenters. The standard InChI is InChI=1S/C17H25NO2/c1-2-20-16-11-13-18(14-12-16)17(19)10-6-9-15-7-4-3-5-8-15/h3-5,7-8,16H,2,6,9-14H2,1H3. The Kier molecular flexibility index (Phi) is 6.06. The van der Waals surface area contributed by atoms with Crippen molar-refractivity contribution in [3.63, 3.8) is 0 Å². The zero-order valence-electron chi connectivity index (χ0n) is 12.4. The first-order chi connectivity index (χ1) is 9.79. The Labute approximate surface area is 121 Å². The number of benzene rings is 1. The van der Waals surface area contributed by atoms with Gasteiger partial charge in [0.05, 0.1) is 6.10 Å². The third-order valence-corrected chi connectivity index (χ3v) is 3.90. The van der Waals surface area contributed by atoms with Gasteiger partial charge < -0.3 is 9.64 Å². The molecule has 0 atom stereocenters. The topological polar surface area (TPSA) is 29.5 Å². The van der Waals surface area contributed by atoms with E-state index in [2.05, 4.69) is 24.3 Å². The minimum absolute atomic E-state index is 0.302. The van der Waals surface area contributed by atoms with E-state index in [1.165, 1.54) is 5.56 Å². The van der Waals surface area contributed by atoms with Crippen LogP contribution in [0.4, 0.5) is 0 Å². The molecule has 1 aromatic rings. The number of carbonyl (C=O) groups is 1. The summed E-state index contributed by atoms with van der Waals surface area (Å²) in [7, 11) is 0. The Morgan fingerprint density at radius 3 is 2.60 bits per heavy atom. The molecule has 0 radical (unpaired) electrons. The number of piperidine rings is 1. The first kappa shape index (κ1) is 15.0. The highest BCUT2D eigenvalue weighted by Gasteiger charge is 2.22. The monoisotopic (exact) mass is 275 g/mol. The van der Waals surface area contributed by atoms with Gasteiger partial charge in [-0.15, -0.1) is 0 Å². The molecule has 0 aliphatic carbocycles. The summed E-state index contributed by atoms with van der Waals surface area (Å²) in [5.74, 6) is 0.302. The summed E-state index contributed by atoms with van der Waals surface area (Å²) < 4.78 is 5.61. The van der Waals surface area contributed by atoms with Gasteiger partial charge in [-0.05, 0) is 38.2 Å². The molecule has 3 heteroatoms. The van der Waals surface area contributed by atoms with Crippen LogP contribution in [-0.4, -0.2) is 36.6 Å². The lowest BCUT2D eigenvalue weighted by atomic mass is 10.1. The van der Waals surface area contributed by atoms with Crippen molar-refractivity contribution in [2.24, 2.45) is 0 Å². The summed E-state index contributed by atoms with van der Waals surface area (Å²) in [5, 5.41) is 0. The minimum atomic E-state index is 0.302. The number of nitrogens with zero attached hydrogens (tertiary/aromatic N) is 1. The lowest BCUT2D eigenvalue weighted by Gasteiger charge is -2.31. The highest BCUT2D eigenvalue weighted by atomic mass is 16.5. The van der Waals surface area contributed by atoms with E-state index in [0.29, 0.717) is 18.4 Å². The zero-order chi connectivity index (χ0) is 14.2. The number of likely N-dealkylation sites (tertiary alicyclic amines) is 1. The zero-order valence-corrected chi connectivity index (χ0v) is 12.4. The predicted molar refractivity (Wildman–Crippen MR) is 80.6 cm³/mol. The Hall–Kier alpha value is -1.35. The molecule has 1 amide bonds. The second-order valence-electron chi connectivity index (χ2n) is 5.37. The van der Waals surface area contributed by atoms with Crippen molar-refractivity contribution >= 4 is 5.91 Å². The van der Waals surface area contributed by atoms with Crippen LogP contribution in [0.3, 0.4) is 0 Å². The normalized spacial score (nSPS) is 16.4. The van der Waals surface area contributed by atoms with Gasteiger partial charge in [-0.1, -0.05) is 30.3 Å². The van der Waals surface area contributed by atoms with E-state index in [1.807, 2.05) is 17.9 Å². The van der Waals surface area contributed by atoms with Crippen molar-refractivity contribution in [1.82, 2.24) is 4.90 Å². The molecule has 20 heavy (non-hydrogen) atoms. The summed E-state index contributed by atoms with van der Waals surface area (Å²) in [6, 6.07) is 10.4. The quantitative estimate of drug-likeness (QED) is 0.798. The Morgan fingerprint density at radius 1 is 1.25 bits per heavy atom. The van der Waals surface area contributed by atoms with Crippen LogP contribution >= 0.6 is 0 Å². The number of ether oxygens (including phenoxy) is 1. The molecule has 0 N–H and O–H groups in total. The Bertz CT molecular complexity index is 397. The molecule has 0 spiro atoms. The van der Waals surface area contributed by atoms with Gasteiger partial charge in [0, 0.05) is 26.1 Å². The van der Waals surface area contributed by atoms with Gasteiger partial charge in [-0.25, -0.2) is 0 Å². The van der Waals surface area contributed by atoms with Gasteiger partial charge in [-0.3, -0.25) is 4.79 Å². The molecular formula is C17H25NO2. The van der Waals surface area contributed by atoms with Crippen LogP contribution in [0.25, 0.3) is 0 Å². The number of hydrogen-bond donors (Lipinski definition) is 0. The van der Waals surface area contributed by atoms with Gasteiger partial charge >= 0.3 is 0 Å². The maximum atomic E-state index is 12.1. The van der Waals surface area contributed by atoms with Crippen molar-refractivity contribution in [3.8, 4) is 0 Å². The maximum absolute atomic E-state index is 12.1. The largest absolute Gasteiger partial charge is 0.378 e. The van der Waals surface area contributed by atoms with E-state index in [0.717, 1.165) is 45.4 Å². The lowest BCUT2D eigenvalue weighted by molar-refractivity contribution is -0.133. The number of amides is 1. The van der Waals surface area contributed by atoms with Crippen molar-refractivity contribution in [2.75, 3.05) is 19.7 Å². The van der Waals surface area contributed by atoms with Gasteiger partial charge in [0.25, 0.3) is 0 Å². The molecule has 1 aromatic carbocycles. The van der Waals surface area contributed by atoms with Crippen molar-refractivity contribution in [1.29, 1.82) is 0 Å². The van der Waals surface area contributed by atoms with Crippen molar-refractivity contribution in [3.05, 3.63) is 35.9 Å². The van der Waals surface area contributed by atoms with Crippen molar-refractivity contribution < 1.29 is 9.53 Å². The first-order valence-electron chi connectivity index (χ1n) is 7.73. The average molecular weight is 275 g/mol. The molecule has 1 aliphatic rings. The lowest BCUT2D eigenvalue weighted by Crippen LogP contribution is -2.40. The summed E-state index contributed by atoms with van der Waals surface area (Å²) in [4.78, 5) is 14.1. The van der Waals surface area contributed by atoms with E-state index in [1.54, 1.807) is 0 Å². The van der Waals surface area contributed by atoms with E-state index in [-0.39, 0.29) is 0 Å².